The number of nitrogens with zero attached hydrogens (tertiary/aromatic N) is 3. The number of ether oxygens (including phenoxy) is 3. The van der Waals surface area contributed by atoms with Crippen molar-refractivity contribution in [1.82, 2.24) is 25.4 Å². The van der Waals surface area contributed by atoms with Crippen LogP contribution >= 0.6 is 0 Å². The summed E-state index contributed by atoms with van der Waals surface area (Å²) in [5.74, 6) is -1.43. The lowest BCUT2D eigenvalue weighted by Crippen LogP contribution is -2.57. The number of nitrogens with one attached hydrogen (secondary N) is 2. The number of hydrogen-bond donors (Lipinski definition) is 2. The summed E-state index contributed by atoms with van der Waals surface area (Å²) in [5, 5.41) is 5.90. The van der Waals surface area contributed by atoms with Crippen LogP contribution < -0.4 is 10.6 Å². The number of likely N-dealkylation sites (N-methyl/N-ethyl adjacent to an activating group) is 1. The molecule has 3 aromatic rings. The molecule has 1 aliphatic carbocycles. The Morgan fingerprint density at radius 2 is 1.60 bits per heavy atom. The Kier molecular flexibility index (Phi) is 15.8. The molecule has 314 valence electrons. The molecule has 58 heavy (non-hydrogen) atoms. The van der Waals surface area contributed by atoms with Gasteiger partial charge in [-0.15, -0.1) is 0 Å². The molecule has 12 nitrogen and oxygen atoms in total. The van der Waals surface area contributed by atoms with Crippen LogP contribution in [0.4, 0.5) is 4.79 Å². The van der Waals surface area contributed by atoms with E-state index in [0.29, 0.717) is 25.9 Å². The molecule has 0 spiro atoms. The molecule has 12 heteroatoms. The standard InChI is InChI=1S/C46H63N5O7/c1-9-30(4)42(39(56-7)26-40(52)51-25-15-21-38(51)43(57-8)31(5)44(53)48-24-22-32-16-14-23-47-27-32)50(6)45(54)41(29(2)3)49-46(55)58-28-37-35-19-12-10-17-33(35)34-18-11-13-20-36(34)37/h10-14,16-20,23,27,29-31,37-39,41-43H,9,15,21-22,24-26,28H2,1-8H3,(H,48,53)(H,49,55)/t30-,31+,38-,39+,41-,42-,43+/m0/s1. The number of alkyl carbamates (subject to hydrolysis) is 1. The van der Waals surface area contributed by atoms with Gasteiger partial charge in [-0.05, 0) is 65.0 Å². The van der Waals surface area contributed by atoms with Gasteiger partial charge >= 0.3 is 6.09 Å². The number of pyridine rings is 1. The van der Waals surface area contributed by atoms with E-state index in [-0.39, 0.29) is 54.5 Å². The van der Waals surface area contributed by atoms with E-state index in [0.717, 1.165) is 40.7 Å². The highest BCUT2D eigenvalue weighted by atomic mass is 16.5. The topological polar surface area (TPSA) is 139 Å². The summed E-state index contributed by atoms with van der Waals surface area (Å²) < 4.78 is 17.8. The molecule has 1 fully saturated rings. The maximum atomic E-state index is 14.4. The van der Waals surface area contributed by atoms with Gasteiger partial charge in [-0.2, -0.15) is 0 Å². The Morgan fingerprint density at radius 3 is 2.19 bits per heavy atom. The first kappa shape index (κ1) is 44.3. The lowest BCUT2D eigenvalue weighted by molar-refractivity contribution is -0.147. The third-order valence-corrected chi connectivity index (χ3v) is 12.2. The molecule has 1 aliphatic heterocycles. The highest BCUT2D eigenvalue weighted by Gasteiger charge is 2.43. The van der Waals surface area contributed by atoms with E-state index in [2.05, 4.69) is 39.9 Å². The molecule has 2 aliphatic rings. The summed E-state index contributed by atoms with van der Waals surface area (Å²) in [6, 6.07) is 18.5. The van der Waals surface area contributed by atoms with Crippen molar-refractivity contribution >= 4 is 23.8 Å². The highest BCUT2D eigenvalue weighted by molar-refractivity contribution is 5.86. The number of likely N-dealkylation sites (tertiary alicyclic amines) is 1. The SMILES string of the molecule is CC[C@H](C)[C@@H]([C@@H](CC(=O)N1CCC[C@H]1[C@H](OC)[C@@H](C)C(=O)NCCc1cccnc1)OC)N(C)C(=O)[C@@H](NC(=O)OCC1c2ccccc2-c2ccccc21)C(C)C. The minimum Gasteiger partial charge on any atom is -0.449 e. The van der Waals surface area contributed by atoms with Crippen LogP contribution in [0.1, 0.15) is 82.9 Å². The van der Waals surface area contributed by atoms with Crippen molar-refractivity contribution in [3.63, 3.8) is 0 Å². The van der Waals surface area contributed by atoms with Gasteiger partial charge in [-0.25, -0.2) is 4.79 Å². The van der Waals surface area contributed by atoms with Crippen LogP contribution in [0.5, 0.6) is 0 Å². The Labute approximate surface area is 344 Å². The smallest absolute Gasteiger partial charge is 0.407 e. The lowest BCUT2D eigenvalue weighted by atomic mass is 9.89. The van der Waals surface area contributed by atoms with Crippen LogP contribution in [0, 0.1) is 17.8 Å². The number of hydrogen-bond acceptors (Lipinski definition) is 8. The van der Waals surface area contributed by atoms with E-state index < -0.39 is 36.3 Å². The summed E-state index contributed by atoms with van der Waals surface area (Å²) in [7, 11) is 4.88. The van der Waals surface area contributed by atoms with Crippen molar-refractivity contribution in [2.45, 2.75) is 103 Å². The average Bonchev–Trinajstić information content (AvgIpc) is 3.85. The molecule has 7 atom stereocenters. The third-order valence-electron chi connectivity index (χ3n) is 12.2. The van der Waals surface area contributed by atoms with E-state index in [1.54, 1.807) is 38.6 Å². The van der Waals surface area contributed by atoms with Crippen molar-refractivity contribution in [3.8, 4) is 11.1 Å². The molecule has 0 bridgehead atoms. The van der Waals surface area contributed by atoms with Crippen LogP contribution in [0.25, 0.3) is 11.1 Å². The number of carbonyl (C=O) groups is 4. The summed E-state index contributed by atoms with van der Waals surface area (Å²) in [6.07, 6.45) is 4.63. The number of amides is 4. The van der Waals surface area contributed by atoms with Crippen molar-refractivity contribution in [2.75, 3.05) is 41.0 Å². The maximum absolute atomic E-state index is 14.4. The fourth-order valence-electron chi connectivity index (χ4n) is 8.84. The molecule has 2 N–H and O–H groups in total. The predicted octanol–water partition coefficient (Wildman–Crippen LogP) is 6.22. The Hall–Kier alpha value is -4.81. The van der Waals surface area contributed by atoms with Crippen molar-refractivity contribution < 1.29 is 33.4 Å². The van der Waals surface area contributed by atoms with Gasteiger partial charge in [0.1, 0.15) is 12.6 Å². The first-order valence-electron chi connectivity index (χ1n) is 20.8. The number of carbonyl (C=O) groups excluding carboxylic acids is 4. The zero-order valence-electron chi connectivity index (χ0n) is 35.5. The molecule has 2 heterocycles. The summed E-state index contributed by atoms with van der Waals surface area (Å²) in [6.45, 7) is 10.8. The molecule has 4 amide bonds. The minimum absolute atomic E-state index is 0.0356. The normalized spacial score (nSPS) is 18.0. The number of fused-ring (bicyclic) bond motifs is 3. The lowest BCUT2D eigenvalue weighted by Gasteiger charge is -2.40. The molecular weight excluding hydrogens is 735 g/mol. The molecule has 1 aromatic heterocycles. The molecule has 1 saturated heterocycles. The van der Waals surface area contributed by atoms with Crippen LogP contribution in [0.3, 0.4) is 0 Å². The van der Waals surface area contributed by atoms with E-state index in [4.69, 9.17) is 14.2 Å². The fraction of sp³-hybridized carbons (Fsp3) is 0.543. The summed E-state index contributed by atoms with van der Waals surface area (Å²) >= 11 is 0. The summed E-state index contributed by atoms with van der Waals surface area (Å²) in [4.78, 5) is 62.8. The van der Waals surface area contributed by atoms with Crippen molar-refractivity contribution in [3.05, 3.63) is 89.7 Å². The molecule has 0 unspecified atom stereocenters. The molecule has 0 radical (unpaired) electrons. The number of benzene rings is 2. The second-order valence-electron chi connectivity index (χ2n) is 16.2. The van der Waals surface area contributed by atoms with E-state index in [1.807, 2.05) is 75.9 Å². The Morgan fingerprint density at radius 1 is 0.931 bits per heavy atom. The Balaban J connectivity index is 1.22. The van der Waals surface area contributed by atoms with Gasteiger partial charge in [0, 0.05) is 52.7 Å². The van der Waals surface area contributed by atoms with Gasteiger partial charge < -0.3 is 34.6 Å². The van der Waals surface area contributed by atoms with Crippen LogP contribution in [-0.4, -0.2) is 110 Å². The zero-order chi connectivity index (χ0) is 41.9. The maximum Gasteiger partial charge on any atom is 0.407 e. The zero-order valence-corrected chi connectivity index (χ0v) is 35.5. The first-order valence-corrected chi connectivity index (χ1v) is 20.8. The number of aromatic nitrogens is 1. The van der Waals surface area contributed by atoms with E-state index in [9.17, 15) is 19.2 Å². The number of rotatable bonds is 19. The molecule has 0 saturated carbocycles. The van der Waals surface area contributed by atoms with Crippen LogP contribution in [0.2, 0.25) is 0 Å². The first-order chi connectivity index (χ1) is 27.9. The van der Waals surface area contributed by atoms with Gasteiger partial charge in [-0.1, -0.05) is 95.6 Å². The third kappa shape index (κ3) is 10.2. The van der Waals surface area contributed by atoms with Crippen molar-refractivity contribution in [1.29, 1.82) is 0 Å². The van der Waals surface area contributed by atoms with Gasteiger partial charge in [0.25, 0.3) is 0 Å². The van der Waals surface area contributed by atoms with E-state index >= 15 is 0 Å². The number of methoxy groups -OCH3 is 2. The quantitative estimate of drug-likeness (QED) is 0.146. The fourth-order valence-corrected chi connectivity index (χ4v) is 8.84. The van der Waals surface area contributed by atoms with Crippen LogP contribution in [-0.2, 0) is 35.0 Å². The van der Waals surface area contributed by atoms with Crippen LogP contribution in [0.15, 0.2) is 73.1 Å². The Bertz CT molecular complexity index is 1790. The molecule has 5 rings (SSSR count). The summed E-state index contributed by atoms with van der Waals surface area (Å²) in [5.41, 5.74) is 5.52. The predicted molar refractivity (Wildman–Crippen MR) is 224 cm³/mol. The minimum atomic E-state index is -0.872. The van der Waals surface area contributed by atoms with Gasteiger partial charge in [0.2, 0.25) is 17.7 Å². The second kappa shape index (κ2) is 20.7. The molecular formula is C46H63N5O7. The monoisotopic (exact) mass is 797 g/mol. The van der Waals surface area contributed by atoms with E-state index in [1.165, 1.54) is 0 Å². The largest absolute Gasteiger partial charge is 0.449 e. The van der Waals surface area contributed by atoms with Crippen molar-refractivity contribution in [2.24, 2.45) is 17.8 Å². The van der Waals surface area contributed by atoms with Gasteiger partial charge in [0.05, 0.1) is 36.6 Å². The highest BCUT2D eigenvalue weighted by Crippen LogP contribution is 2.44. The molecule has 2 aromatic carbocycles. The van der Waals surface area contributed by atoms with Gasteiger partial charge in [-0.3, -0.25) is 19.4 Å². The van der Waals surface area contributed by atoms with Gasteiger partial charge in [0.15, 0.2) is 0 Å². The average molecular weight is 798 g/mol. The second-order valence-corrected chi connectivity index (χ2v) is 16.2.